The molecule has 0 fully saturated rings. The molecule has 4 aromatic rings. The van der Waals surface area contributed by atoms with Crippen LogP contribution in [0.1, 0.15) is 5.56 Å². The summed E-state index contributed by atoms with van der Waals surface area (Å²) in [7, 11) is 1.90. The number of halogens is 2. The summed E-state index contributed by atoms with van der Waals surface area (Å²) in [5, 5.41) is 4.83. The molecule has 4 nitrogen and oxygen atoms in total. The van der Waals surface area contributed by atoms with Gasteiger partial charge in [-0.2, -0.15) is 4.98 Å². The molecule has 26 heavy (non-hydrogen) atoms. The SMILES string of the molecule is CN(Cc1ccc(F)cc1)c1ccc2c(-c3ccc(F)cc3)noc2n1. The second kappa shape index (κ2) is 6.55. The van der Waals surface area contributed by atoms with Gasteiger partial charge in [0.1, 0.15) is 23.1 Å². The molecule has 0 spiro atoms. The summed E-state index contributed by atoms with van der Waals surface area (Å²) in [5.41, 5.74) is 2.77. The highest BCUT2D eigenvalue weighted by Crippen LogP contribution is 2.28. The molecule has 2 aromatic heterocycles. The number of anilines is 1. The van der Waals surface area contributed by atoms with Crippen molar-refractivity contribution in [2.75, 3.05) is 11.9 Å². The van der Waals surface area contributed by atoms with Crippen LogP contribution in [0.25, 0.3) is 22.4 Å². The van der Waals surface area contributed by atoms with Crippen LogP contribution in [0.3, 0.4) is 0 Å². The van der Waals surface area contributed by atoms with Crippen molar-refractivity contribution in [3.8, 4) is 11.3 Å². The molecule has 0 aliphatic carbocycles. The minimum absolute atomic E-state index is 0.258. The first-order valence-corrected chi connectivity index (χ1v) is 8.08. The summed E-state index contributed by atoms with van der Waals surface area (Å²) >= 11 is 0. The van der Waals surface area contributed by atoms with Crippen molar-refractivity contribution < 1.29 is 13.3 Å². The maximum atomic E-state index is 13.1. The zero-order chi connectivity index (χ0) is 18.1. The fraction of sp³-hybridized carbons (Fsp3) is 0.100. The first kappa shape index (κ1) is 16.2. The van der Waals surface area contributed by atoms with Crippen molar-refractivity contribution in [3.05, 3.63) is 77.9 Å². The molecular formula is C20H15F2N3O. The predicted octanol–water partition coefficient (Wildman–Crippen LogP) is 4.80. The van der Waals surface area contributed by atoms with Crippen molar-refractivity contribution in [2.24, 2.45) is 0 Å². The first-order valence-electron chi connectivity index (χ1n) is 8.08. The third kappa shape index (κ3) is 3.13. The van der Waals surface area contributed by atoms with Crippen LogP contribution in [-0.2, 0) is 6.54 Å². The van der Waals surface area contributed by atoms with Crippen molar-refractivity contribution in [1.29, 1.82) is 0 Å². The second-order valence-corrected chi connectivity index (χ2v) is 6.04. The Morgan fingerprint density at radius 2 is 1.54 bits per heavy atom. The predicted molar refractivity (Wildman–Crippen MR) is 95.7 cm³/mol. The van der Waals surface area contributed by atoms with E-state index in [2.05, 4.69) is 10.1 Å². The normalized spacial score (nSPS) is 11.0. The lowest BCUT2D eigenvalue weighted by Crippen LogP contribution is -2.17. The van der Waals surface area contributed by atoms with E-state index in [0.717, 1.165) is 16.5 Å². The number of fused-ring (bicyclic) bond motifs is 1. The fourth-order valence-electron chi connectivity index (χ4n) is 2.79. The monoisotopic (exact) mass is 351 g/mol. The van der Waals surface area contributed by atoms with E-state index in [-0.39, 0.29) is 11.6 Å². The number of aromatic nitrogens is 2. The Morgan fingerprint density at radius 3 is 2.23 bits per heavy atom. The average Bonchev–Trinajstić information content (AvgIpc) is 3.07. The Kier molecular flexibility index (Phi) is 4.08. The van der Waals surface area contributed by atoms with E-state index in [0.29, 0.717) is 23.8 Å². The van der Waals surface area contributed by atoms with Crippen LogP contribution >= 0.6 is 0 Å². The Bertz CT molecular complexity index is 1040. The van der Waals surface area contributed by atoms with Gasteiger partial charge in [0, 0.05) is 19.2 Å². The molecule has 0 amide bonds. The van der Waals surface area contributed by atoms with Gasteiger partial charge in [-0.1, -0.05) is 17.3 Å². The van der Waals surface area contributed by atoms with Gasteiger partial charge in [0.15, 0.2) is 0 Å². The standard InChI is InChI=1S/C20H15F2N3O/c1-25(12-13-2-6-15(21)7-3-13)18-11-10-17-19(24-26-20(17)23-18)14-4-8-16(22)9-5-14/h2-11H,12H2,1H3. The van der Waals surface area contributed by atoms with Crippen LogP contribution in [0.15, 0.2) is 65.2 Å². The van der Waals surface area contributed by atoms with Crippen LogP contribution in [0.2, 0.25) is 0 Å². The van der Waals surface area contributed by atoms with Crippen molar-refractivity contribution >= 4 is 16.9 Å². The number of benzene rings is 2. The van der Waals surface area contributed by atoms with E-state index in [4.69, 9.17) is 4.52 Å². The molecule has 0 unspecified atom stereocenters. The molecule has 0 bridgehead atoms. The van der Waals surface area contributed by atoms with Gasteiger partial charge in [-0.15, -0.1) is 0 Å². The molecule has 0 saturated heterocycles. The molecule has 0 atom stereocenters. The zero-order valence-corrected chi connectivity index (χ0v) is 14.0. The van der Waals surface area contributed by atoms with Crippen LogP contribution in [0, 0.1) is 11.6 Å². The largest absolute Gasteiger partial charge is 0.355 e. The number of pyridine rings is 1. The molecule has 0 aliphatic heterocycles. The van der Waals surface area contributed by atoms with E-state index in [1.54, 1.807) is 24.3 Å². The molecule has 6 heteroatoms. The minimum atomic E-state index is -0.302. The van der Waals surface area contributed by atoms with E-state index >= 15 is 0 Å². The summed E-state index contributed by atoms with van der Waals surface area (Å²) in [6.45, 7) is 0.581. The summed E-state index contributed by atoms with van der Waals surface area (Å²) in [6, 6.07) is 16.2. The van der Waals surface area contributed by atoms with Crippen molar-refractivity contribution in [1.82, 2.24) is 10.1 Å². The number of nitrogens with zero attached hydrogens (tertiary/aromatic N) is 3. The summed E-state index contributed by atoms with van der Waals surface area (Å²) in [6.07, 6.45) is 0. The summed E-state index contributed by atoms with van der Waals surface area (Å²) < 4.78 is 31.5. The van der Waals surface area contributed by atoms with Gasteiger partial charge < -0.3 is 9.42 Å². The molecule has 2 aromatic carbocycles. The first-order chi connectivity index (χ1) is 12.6. The van der Waals surface area contributed by atoms with Gasteiger partial charge in [0.25, 0.3) is 5.71 Å². The maximum Gasteiger partial charge on any atom is 0.260 e. The van der Waals surface area contributed by atoms with Gasteiger partial charge in [-0.25, -0.2) is 8.78 Å². The number of rotatable bonds is 4. The molecule has 0 saturated carbocycles. The van der Waals surface area contributed by atoms with Crippen LogP contribution in [0.5, 0.6) is 0 Å². The molecular weight excluding hydrogens is 336 g/mol. The van der Waals surface area contributed by atoms with E-state index in [1.807, 2.05) is 24.1 Å². The van der Waals surface area contributed by atoms with Gasteiger partial charge in [-0.05, 0) is 54.1 Å². The Hall–Kier alpha value is -3.28. The van der Waals surface area contributed by atoms with Crippen LogP contribution in [0.4, 0.5) is 14.6 Å². The Morgan fingerprint density at radius 1 is 0.885 bits per heavy atom. The molecule has 0 N–H and O–H groups in total. The van der Waals surface area contributed by atoms with E-state index < -0.39 is 0 Å². The van der Waals surface area contributed by atoms with Crippen LogP contribution < -0.4 is 4.90 Å². The van der Waals surface area contributed by atoms with Crippen LogP contribution in [-0.4, -0.2) is 17.2 Å². The average molecular weight is 351 g/mol. The lowest BCUT2D eigenvalue weighted by atomic mass is 10.1. The minimum Gasteiger partial charge on any atom is -0.355 e. The van der Waals surface area contributed by atoms with Gasteiger partial charge in [0.05, 0.1) is 5.39 Å². The molecule has 0 aliphatic rings. The van der Waals surface area contributed by atoms with Crippen molar-refractivity contribution in [3.63, 3.8) is 0 Å². The smallest absolute Gasteiger partial charge is 0.260 e. The Balaban J connectivity index is 1.61. The quantitative estimate of drug-likeness (QED) is 0.529. The highest BCUT2D eigenvalue weighted by molar-refractivity contribution is 5.90. The molecule has 2 heterocycles. The van der Waals surface area contributed by atoms with Gasteiger partial charge in [0.2, 0.25) is 0 Å². The zero-order valence-electron chi connectivity index (χ0n) is 14.0. The topological polar surface area (TPSA) is 42.2 Å². The molecule has 4 rings (SSSR count). The Labute approximate surface area is 148 Å². The van der Waals surface area contributed by atoms with Crippen molar-refractivity contribution in [2.45, 2.75) is 6.54 Å². The second-order valence-electron chi connectivity index (χ2n) is 6.04. The summed E-state index contributed by atoms with van der Waals surface area (Å²) in [4.78, 5) is 6.44. The highest BCUT2D eigenvalue weighted by atomic mass is 19.1. The van der Waals surface area contributed by atoms with E-state index in [1.165, 1.54) is 24.3 Å². The van der Waals surface area contributed by atoms with E-state index in [9.17, 15) is 8.78 Å². The fourth-order valence-corrected chi connectivity index (χ4v) is 2.79. The lowest BCUT2D eigenvalue weighted by Gasteiger charge is -2.17. The maximum absolute atomic E-state index is 13.1. The summed E-state index contributed by atoms with van der Waals surface area (Å²) in [5.74, 6) is 0.152. The third-order valence-corrected chi connectivity index (χ3v) is 4.17. The van der Waals surface area contributed by atoms with Gasteiger partial charge in [-0.3, -0.25) is 0 Å². The number of hydrogen-bond donors (Lipinski definition) is 0. The van der Waals surface area contributed by atoms with Gasteiger partial charge >= 0.3 is 0 Å². The third-order valence-electron chi connectivity index (χ3n) is 4.17. The lowest BCUT2D eigenvalue weighted by molar-refractivity contribution is 0.451. The number of hydrogen-bond acceptors (Lipinski definition) is 4. The molecule has 0 radical (unpaired) electrons. The molecule has 130 valence electrons. The highest BCUT2D eigenvalue weighted by Gasteiger charge is 2.14.